The van der Waals surface area contributed by atoms with E-state index in [4.69, 9.17) is 0 Å². The molecular weight excluding hydrogens is 711 g/mol. The fourth-order valence-corrected chi connectivity index (χ4v) is 9.59. The molecule has 1 unspecified atom stereocenters. The quantitative estimate of drug-likeness (QED) is 0.138. The summed E-state index contributed by atoms with van der Waals surface area (Å²) in [5.41, 5.74) is 0.297. The van der Waals surface area contributed by atoms with Gasteiger partial charge in [0.15, 0.2) is 5.03 Å². The van der Waals surface area contributed by atoms with Crippen LogP contribution in [0.5, 0.6) is 0 Å². The number of sulfonamides is 1. The third-order valence-corrected chi connectivity index (χ3v) is 13.9. The van der Waals surface area contributed by atoms with E-state index in [9.17, 15) is 32.4 Å². The predicted molar refractivity (Wildman–Crippen MR) is 203 cm³/mol. The van der Waals surface area contributed by atoms with Crippen LogP contribution in [-0.4, -0.2) is 103 Å². The number of hydrogen-bond acceptors (Lipinski definition) is 8. The number of Topliss-reactive ketones (excluding diaryl/α,β-unsaturated/α-hetero) is 1. The fourth-order valence-electron chi connectivity index (χ4n) is 8.48. The number of nitrogens with zero attached hydrogens (tertiary/aromatic N) is 3. The standard InChI is InChI=1S/C39H57N7O7S/c1-7-19-41-36(49)34(47)28(21-25-14-13-15-25)42-35(48)33-31-27(39(31,4)5)22-46(33)37(50)32(26-16-9-8-10-17-26)44-38(51)43-29(24(2)3)23-45(6)54(52,53)30-18-11-12-20-40-30/h7,11-12,18,20,25-29,31-33H,1-2,8-10,13-17,19,21-23H2,3-6H3,(H,41,49)(H,42,48)(H2,43,44,51)/t27-,28?,29+,31-,32-,33-/m0/s1. The van der Waals surface area contributed by atoms with E-state index in [0.717, 1.165) is 42.8 Å². The van der Waals surface area contributed by atoms with Crippen molar-refractivity contribution in [2.45, 2.75) is 108 Å². The maximum atomic E-state index is 14.7. The predicted octanol–water partition coefficient (Wildman–Crippen LogP) is 2.92. The van der Waals surface area contributed by atoms with Crippen molar-refractivity contribution in [3.63, 3.8) is 0 Å². The highest BCUT2D eigenvalue weighted by Gasteiger charge is 2.69. The summed E-state index contributed by atoms with van der Waals surface area (Å²) < 4.78 is 27.5. The molecule has 4 N–H and O–H groups in total. The Kier molecular flexibility index (Phi) is 13.0. The number of hydrogen-bond donors (Lipinski definition) is 4. The van der Waals surface area contributed by atoms with Gasteiger partial charge in [0.2, 0.25) is 17.6 Å². The van der Waals surface area contributed by atoms with E-state index in [1.165, 1.54) is 25.4 Å². The van der Waals surface area contributed by atoms with Gasteiger partial charge in [0.1, 0.15) is 12.1 Å². The number of pyridine rings is 1. The highest BCUT2D eigenvalue weighted by molar-refractivity contribution is 7.89. The third-order valence-electron chi connectivity index (χ3n) is 12.1. The van der Waals surface area contributed by atoms with E-state index >= 15 is 0 Å². The average Bonchev–Trinajstić information content (AvgIpc) is 3.43. The SMILES string of the molecule is C=CCNC(=O)C(=O)C(CC1CCC1)NC(=O)[C@@H]1[C@@H]2[C@H](CN1C(=O)[C@@H](NC(=O)N[C@H](CN(C)S(=O)(=O)c1ccccn1)C(=C)C)C1CCCCC1)C2(C)C. The van der Waals surface area contributed by atoms with Crippen molar-refractivity contribution in [2.75, 3.05) is 26.7 Å². The Bertz CT molecular complexity index is 1710. The molecule has 2 heterocycles. The first-order valence-electron chi connectivity index (χ1n) is 19.2. The minimum absolute atomic E-state index is 0.0547. The Balaban J connectivity index is 1.34. The summed E-state index contributed by atoms with van der Waals surface area (Å²) in [5, 5.41) is 11.1. The van der Waals surface area contributed by atoms with Crippen LogP contribution in [0.1, 0.15) is 78.6 Å². The molecule has 6 atom stereocenters. The average molecular weight is 768 g/mol. The molecule has 0 radical (unpaired) electrons. The van der Waals surface area contributed by atoms with Gasteiger partial charge in [-0.3, -0.25) is 19.2 Å². The lowest BCUT2D eigenvalue weighted by Gasteiger charge is -2.37. The number of urea groups is 1. The number of likely N-dealkylation sites (N-methyl/N-ethyl adjacent to an activating group) is 1. The van der Waals surface area contributed by atoms with Crippen LogP contribution < -0.4 is 21.3 Å². The van der Waals surface area contributed by atoms with Crippen molar-refractivity contribution in [3.05, 3.63) is 49.2 Å². The number of nitrogens with one attached hydrogen (secondary N) is 4. The molecule has 296 valence electrons. The number of piperidine rings is 1. The summed E-state index contributed by atoms with van der Waals surface area (Å²) in [5.74, 6) is -2.40. The van der Waals surface area contributed by atoms with Gasteiger partial charge in [0.05, 0.1) is 12.1 Å². The molecule has 14 nitrogen and oxygen atoms in total. The summed E-state index contributed by atoms with van der Waals surface area (Å²) in [4.78, 5) is 74.3. The van der Waals surface area contributed by atoms with Crippen LogP contribution in [0.15, 0.2) is 54.2 Å². The van der Waals surface area contributed by atoms with Gasteiger partial charge >= 0.3 is 6.03 Å². The zero-order chi connectivity index (χ0) is 39.4. The number of ketones is 1. The first-order chi connectivity index (χ1) is 25.6. The molecule has 1 saturated heterocycles. The maximum Gasteiger partial charge on any atom is 0.315 e. The van der Waals surface area contributed by atoms with Crippen molar-refractivity contribution in [1.29, 1.82) is 0 Å². The van der Waals surface area contributed by atoms with E-state index in [2.05, 4.69) is 53.3 Å². The largest absolute Gasteiger partial charge is 0.346 e. The second-order valence-corrected chi connectivity index (χ2v) is 18.2. The topological polar surface area (TPSA) is 187 Å². The molecule has 0 spiro atoms. The number of rotatable bonds is 17. The van der Waals surface area contributed by atoms with Gasteiger partial charge in [-0.05, 0) is 67.4 Å². The second-order valence-electron chi connectivity index (χ2n) is 16.2. The Morgan fingerprint density at radius 2 is 1.72 bits per heavy atom. The molecular formula is C39H57N7O7S. The van der Waals surface area contributed by atoms with Crippen molar-refractivity contribution in [3.8, 4) is 0 Å². The minimum Gasteiger partial charge on any atom is -0.346 e. The van der Waals surface area contributed by atoms with E-state index in [1.807, 2.05) is 0 Å². The smallest absolute Gasteiger partial charge is 0.315 e. The molecule has 3 saturated carbocycles. The van der Waals surface area contributed by atoms with Gasteiger partial charge < -0.3 is 26.2 Å². The third kappa shape index (κ3) is 9.05. The molecule has 3 aliphatic carbocycles. The summed E-state index contributed by atoms with van der Waals surface area (Å²) in [7, 11) is -2.56. The monoisotopic (exact) mass is 767 g/mol. The highest BCUT2D eigenvalue weighted by Crippen LogP contribution is 2.65. The zero-order valence-corrected chi connectivity index (χ0v) is 32.8. The van der Waals surface area contributed by atoms with Gasteiger partial charge in [0, 0.05) is 32.9 Å². The summed E-state index contributed by atoms with van der Waals surface area (Å²) in [6.07, 6.45) is 10.3. The van der Waals surface area contributed by atoms with Crippen LogP contribution in [0.25, 0.3) is 0 Å². The molecule has 15 heteroatoms. The summed E-state index contributed by atoms with van der Waals surface area (Å²) in [6, 6.07) is 0.297. The molecule has 1 aromatic heterocycles. The Morgan fingerprint density at radius 3 is 2.31 bits per heavy atom. The number of likely N-dealkylation sites (tertiary alicyclic amines) is 1. The lowest BCUT2D eigenvalue weighted by molar-refractivity contribution is -0.145. The highest BCUT2D eigenvalue weighted by atomic mass is 32.2. The van der Waals surface area contributed by atoms with Gasteiger partial charge in [-0.25, -0.2) is 18.2 Å². The van der Waals surface area contributed by atoms with E-state index in [0.29, 0.717) is 31.4 Å². The Labute approximate surface area is 319 Å². The molecule has 0 bridgehead atoms. The Hall–Kier alpha value is -4.11. The van der Waals surface area contributed by atoms with Crippen LogP contribution in [-0.2, 0) is 29.2 Å². The molecule has 1 aliphatic heterocycles. The molecule has 4 aliphatic rings. The number of carbonyl (C=O) groups excluding carboxylic acids is 5. The number of aromatic nitrogens is 1. The van der Waals surface area contributed by atoms with Gasteiger partial charge in [-0.2, -0.15) is 4.31 Å². The van der Waals surface area contributed by atoms with Crippen LogP contribution in [0, 0.1) is 29.1 Å². The first kappa shape index (κ1) is 41.1. The molecule has 5 amide bonds. The molecule has 0 aromatic carbocycles. The van der Waals surface area contributed by atoms with Crippen molar-refractivity contribution in [2.24, 2.45) is 29.1 Å². The fraction of sp³-hybridized carbons (Fsp3) is 0.641. The van der Waals surface area contributed by atoms with Crippen molar-refractivity contribution in [1.82, 2.24) is 35.5 Å². The van der Waals surface area contributed by atoms with Gasteiger partial charge in [-0.1, -0.05) is 76.7 Å². The van der Waals surface area contributed by atoms with Crippen LogP contribution in [0.4, 0.5) is 4.79 Å². The lowest BCUT2D eigenvalue weighted by Crippen LogP contribution is -2.61. The van der Waals surface area contributed by atoms with Crippen LogP contribution >= 0.6 is 0 Å². The van der Waals surface area contributed by atoms with Crippen LogP contribution in [0.2, 0.25) is 0 Å². The molecule has 5 rings (SSSR count). The van der Waals surface area contributed by atoms with Crippen molar-refractivity contribution >= 4 is 39.6 Å². The van der Waals surface area contributed by atoms with E-state index in [-0.39, 0.29) is 53.1 Å². The van der Waals surface area contributed by atoms with E-state index in [1.54, 1.807) is 24.0 Å². The summed E-state index contributed by atoms with van der Waals surface area (Å²) >= 11 is 0. The van der Waals surface area contributed by atoms with Crippen molar-refractivity contribution < 1.29 is 32.4 Å². The molecule has 54 heavy (non-hydrogen) atoms. The Morgan fingerprint density at radius 1 is 1.02 bits per heavy atom. The minimum atomic E-state index is -3.96. The van der Waals surface area contributed by atoms with Crippen LogP contribution in [0.3, 0.4) is 0 Å². The molecule has 4 fully saturated rings. The first-order valence-corrected chi connectivity index (χ1v) is 20.7. The second kappa shape index (κ2) is 17.1. The lowest BCUT2D eigenvalue weighted by atomic mass is 9.80. The normalized spacial score (nSPS) is 23.9. The zero-order valence-electron chi connectivity index (χ0n) is 32.0. The van der Waals surface area contributed by atoms with Gasteiger partial charge in [-0.15, -0.1) is 6.58 Å². The molecule has 1 aromatic rings. The maximum absolute atomic E-state index is 14.7. The number of carbonyl (C=O) groups is 5. The van der Waals surface area contributed by atoms with E-state index < -0.39 is 57.8 Å². The summed E-state index contributed by atoms with van der Waals surface area (Å²) in [6.45, 7) is 13.7. The van der Waals surface area contributed by atoms with Gasteiger partial charge in [0.25, 0.3) is 15.9 Å². The number of amides is 5. The number of fused-ring (bicyclic) bond motifs is 1.